The van der Waals surface area contributed by atoms with E-state index in [0.717, 1.165) is 16.9 Å². The van der Waals surface area contributed by atoms with Gasteiger partial charge in [-0.1, -0.05) is 38.4 Å². The maximum atomic E-state index is 12.9. The molecule has 0 radical (unpaired) electrons. The molecule has 1 aromatic carbocycles. The highest BCUT2D eigenvalue weighted by Crippen LogP contribution is 2.47. The molecule has 29 heavy (non-hydrogen) atoms. The lowest BCUT2D eigenvalue weighted by molar-refractivity contribution is 0.0954. The largest absolute Gasteiger partial charge is 0.489 e. The van der Waals surface area contributed by atoms with Gasteiger partial charge in [-0.25, -0.2) is 0 Å². The summed E-state index contributed by atoms with van der Waals surface area (Å²) >= 11 is 7.88. The number of hydrogen-bond acceptors (Lipinski definition) is 4. The third kappa shape index (κ3) is 4.79. The molecule has 0 bridgehead atoms. The number of carbonyl (C=O) groups is 1. The normalized spacial score (nSPS) is 19.3. The number of ether oxygens (including phenoxy) is 1. The Balaban J connectivity index is 1.68. The van der Waals surface area contributed by atoms with Crippen LogP contribution >= 0.6 is 22.9 Å². The lowest BCUT2D eigenvalue weighted by Gasteiger charge is -2.20. The Kier molecular flexibility index (Phi) is 6.92. The second-order valence-electron chi connectivity index (χ2n) is 8.39. The first-order valence-electron chi connectivity index (χ1n) is 10.2. The molecule has 1 aliphatic carbocycles. The molecule has 2 aromatic rings. The number of thiophene rings is 1. The van der Waals surface area contributed by atoms with E-state index in [2.05, 4.69) is 33.0 Å². The number of hydrogen-bond donors (Lipinski definition) is 2. The van der Waals surface area contributed by atoms with Crippen LogP contribution in [0.25, 0.3) is 0 Å². The lowest BCUT2D eigenvalue weighted by atomic mass is 9.85. The summed E-state index contributed by atoms with van der Waals surface area (Å²) in [6.07, 6.45) is 0.432. The monoisotopic (exact) mass is 435 g/mol. The molecule has 2 N–H and O–H groups in total. The molecule has 1 aromatic heterocycles. The highest BCUT2D eigenvalue weighted by atomic mass is 35.5. The molecule has 0 saturated carbocycles. The fourth-order valence-corrected chi connectivity index (χ4v) is 5.73. The average molecular weight is 436 g/mol. The minimum atomic E-state index is -0.556. The molecule has 3 rings (SSSR count). The Morgan fingerprint density at radius 2 is 2.10 bits per heavy atom. The zero-order valence-electron chi connectivity index (χ0n) is 17.7. The number of amides is 1. The predicted octanol–water partition coefficient (Wildman–Crippen LogP) is 5.33. The first kappa shape index (κ1) is 22.1. The number of nitrogens with one attached hydrogen (secondary N) is 1. The number of halogens is 1. The summed E-state index contributed by atoms with van der Waals surface area (Å²) in [6.45, 7) is 11.2. The van der Waals surface area contributed by atoms with Gasteiger partial charge in [0.25, 0.3) is 5.91 Å². The summed E-state index contributed by atoms with van der Waals surface area (Å²) in [5.41, 5.74) is 3.55. The Hall–Kier alpha value is -1.56. The van der Waals surface area contributed by atoms with Crippen LogP contribution in [-0.2, 0) is 13.0 Å². The summed E-state index contributed by atoms with van der Waals surface area (Å²) in [5, 5.41) is 12.8. The molecule has 1 amide bonds. The SMILES string of the molecule is Cc1sc(C(=O)NCc2ccc(OCC(C)O)c(Cl)c2)c2c1[C@H](C)C(C(C)C)C2. The van der Waals surface area contributed by atoms with Crippen LogP contribution in [0.5, 0.6) is 5.75 Å². The number of aliphatic hydroxyl groups excluding tert-OH is 1. The van der Waals surface area contributed by atoms with Gasteiger partial charge in [-0.3, -0.25) is 4.79 Å². The first-order valence-corrected chi connectivity index (χ1v) is 11.4. The highest BCUT2D eigenvalue weighted by Gasteiger charge is 2.37. The zero-order valence-corrected chi connectivity index (χ0v) is 19.3. The van der Waals surface area contributed by atoms with Crippen LogP contribution in [0.4, 0.5) is 0 Å². The van der Waals surface area contributed by atoms with Crippen LogP contribution in [0.3, 0.4) is 0 Å². The molecule has 2 unspecified atom stereocenters. The van der Waals surface area contributed by atoms with Crippen LogP contribution in [0, 0.1) is 18.8 Å². The number of carbonyl (C=O) groups excluding carboxylic acids is 1. The van der Waals surface area contributed by atoms with Crippen molar-refractivity contribution in [1.29, 1.82) is 0 Å². The van der Waals surface area contributed by atoms with Gasteiger partial charge >= 0.3 is 0 Å². The third-order valence-electron chi connectivity index (χ3n) is 5.76. The van der Waals surface area contributed by atoms with Gasteiger partial charge in [0.1, 0.15) is 12.4 Å². The lowest BCUT2D eigenvalue weighted by Crippen LogP contribution is -2.23. The van der Waals surface area contributed by atoms with E-state index in [1.165, 1.54) is 16.0 Å². The van der Waals surface area contributed by atoms with E-state index < -0.39 is 6.10 Å². The minimum Gasteiger partial charge on any atom is -0.489 e. The summed E-state index contributed by atoms with van der Waals surface area (Å²) < 4.78 is 5.47. The maximum absolute atomic E-state index is 12.9. The van der Waals surface area contributed by atoms with Crippen molar-refractivity contribution in [1.82, 2.24) is 5.32 Å². The van der Waals surface area contributed by atoms with Gasteiger partial charge < -0.3 is 15.2 Å². The van der Waals surface area contributed by atoms with Crippen molar-refractivity contribution in [2.75, 3.05) is 6.61 Å². The predicted molar refractivity (Wildman–Crippen MR) is 119 cm³/mol. The van der Waals surface area contributed by atoms with Gasteiger partial charge in [0.05, 0.1) is 16.0 Å². The van der Waals surface area contributed by atoms with Crippen LogP contribution in [0.1, 0.15) is 64.9 Å². The maximum Gasteiger partial charge on any atom is 0.261 e. The van der Waals surface area contributed by atoms with Crippen molar-refractivity contribution in [3.8, 4) is 5.75 Å². The molecule has 1 aliphatic rings. The number of aliphatic hydroxyl groups is 1. The summed E-state index contributed by atoms with van der Waals surface area (Å²) in [6, 6.07) is 5.44. The number of benzene rings is 1. The fourth-order valence-electron chi connectivity index (χ4n) is 4.27. The fraction of sp³-hybridized carbons (Fsp3) is 0.522. The van der Waals surface area contributed by atoms with E-state index >= 15 is 0 Å². The minimum absolute atomic E-state index is 0.0125. The smallest absolute Gasteiger partial charge is 0.261 e. The molecule has 3 atom stereocenters. The summed E-state index contributed by atoms with van der Waals surface area (Å²) in [4.78, 5) is 15.0. The number of aryl methyl sites for hydroxylation is 1. The van der Waals surface area contributed by atoms with E-state index in [0.29, 0.717) is 35.1 Å². The standard InChI is InChI=1S/C23H30ClNO3S/c1-12(2)17-9-18-21(14(17)4)15(5)29-22(18)23(27)25-10-16-6-7-20(19(24)8-16)28-11-13(3)26/h6-8,12-14,17,26H,9-11H2,1-5H3,(H,25,27)/t13?,14-,17?/m1/s1. The van der Waals surface area contributed by atoms with Crippen molar-refractivity contribution >= 4 is 28.8 Å². The molecule has 0 saturated heterocycles. The Morgan fingerprint density at radius 3 is 2.72 bits per heavy atom. The number of fused-ring (bicyclic) bond motifs is 1. The molecule has 158 valence electrons. The highest BCUT2D eigenvalue weighted by molar-refractivity contribution is 7.14. The molecule has 0 fully saturated rings. The van der Waals surface area contributed by atoms with Gasteiger partial charge in [-0.15, -0.1) is 11.3 Å². The van der Waals surface area contributed by atoms with Crippen molar-refractivity contribution in [2.45, 2.75) is 59.6 Å². The Labute approximate surface area is 182 Å². The van der Waals surface area contributed by atoms with E-state index in [4.69, 9.17) is 16.3 Å². The summed E-state index contributed by atoms with van der Waals surface area (Å²) in [7, 11) is 0. The topological polar surface area (TPSA) is 58.6 Å². The van der Waals surface area contributed by atoms with Gasteiger partial charge in [0.15, 0.2) is 0 Å². The van der Waals surface area contributed by atoms with Crippen LogP contribution in [0.2, 0.25) is 5.02 Å². The second-order valence-corrected chi connectivity index (χ2v) is 10.0. The third-order valence-corrected chi connectivity index (χ3v) is 7.22. The van der Waals surface area contributed by atoms with Crippen LogP contribution < -0.4 is 10.1 Å². The van der Waals surface area contributed by atoms with E-state index in [1.807, 2.05) is 6.07 Å². The quantitative estimate of drug-likeness (QED) is 0.617. The summed E-state index contributed by atoms with van der Waals surface area (Å²) in [5.74, 6) is 2.24. The van der Waals surface area contributed by atoms with Gasteiger partial charge in [-0.05, 0) is 66.8 Å². The van der Waals surface area contributed by atoms with E-state index in [9.17, 15) is 9.90 Å². The first-order chi connectivity index (χ1) is 13.7. The van der Waals surface area contributed by atoms with E-state index in [-0.39, 0.29) is 12.5 Å². The molecule has 6 heteroatoms. The molecular formula is C23H30ClNO3S. The zero-order chi connectivity index (χ0) is 21.3. The van der Waals surface area contributed by atoms with Crippen molar-refractivity contribution < 1.29 is 14.6 Å². The Morgan fingerprint density at radius 1 is 1.38 bits per heavy atom. The Bertz CT molecular complexity index is 890. The number of rotatable bonds is 7. The van der Waals surface area contributed by atoms with Crippen molar-refractivity contribution in [3.05, 3.63) is 49.7 Å². The molecule has 0 aliphatic heterocycles. The molecule has 4 nitrogen and oxygen atoms in total. The van der Waals surface area contributed by atoms with Gasteiger partial charge in [-0.2, -0.15) is 0 Å². The second kappa shape index (κ2) is 9.07. The molecular weight excluding hydrogens is 406 g/mol. The molecule has 0 spiro atoms. The van der Waals surface area contributed by atoms with Gasteiger partial charge in [0.2, 0.25) is 0 Å². The van der Waals surface area contributed by atoms with Crippen molar-refractivity contribution in [3.63, 3.8) is 0 Å². The van der Waals surface area contributed by atoms with Crippen LogP contribution in [0.15, 0.2) is 18.2 Å². The van der Waals surface area contributed by atoms with Gasteiger partial charge in [0, 0.05) is 11.4 Å². The molecule has 1 heterocycles. The van der Waals surface area contributed by atoms with Crippen molar-refractivity contribution in [2.24, 2.45) is 11.8 Å². The van der Waals surface area contributed by atoms with E-state index in [1.54, 1.807) is 30.4 Å². The average Bonchev–Trinajstić information content (AvgIpc) is 3.16. The van der Waals surface area contributed by atoms with Crippen LogP contribution in [-0.4, -0.2) is 23.7 Å².